The Morgan fingerprint density at radius 3 is 2.21 bits per heavy atom. The summed E-state index contributed by atoms with van der Waals surface area (Å²) >= 11 is 0. The number of hydrogen-bond donors (Lipinski definition) is 1. The number of halogens is 1. The van der Waals surface area contributed by atoms with Crippen LogP contribution in [0, 0.1) is 0 Å². The fourth-order valence-electron chi connectivity index (χ4n) is 1.54. The summed E-state index contributed by atoms with van der Waals surface area (Å²) in [6.45, 7) is 0.576. The van der Waals surface area contributed by atoms with Gasteiger partial charge in [0.05, 0.1) is 0 Å². The number of hydrogen-bond acceptors (Lipinski definition) is 4. The molecule has 0 heterocycles. The lowest BCUT2D eigenvalue weighted by atomic mass is 10.2. The zero-order chi connectivity index (χ0) is 13.7. The minimum Gasteiger partial charge on any atom is -0.381 e. The Hall–Kier alpha value is -2.08. The highest BCUT2D eigenvalue weighted by atomic mass is 32.3. The SMILES string of the molecule is O=S(=O)(F)Oc1ccc(CNc2ccccc2)cc1. The fraction of sp³-hybridized carbons (Fsp3) is 0.0769. The molecule has 1 N–H and O–H groups in total. The average molecular weight is 281 g/mol. The Kier molecular flexibility index (Phi) is 4.01. The highest BCUT2D eigenvalue weighted by molar-refractivity contribution is 7.81. The van der Waals surface area contributed by atoms with E-state index in [4.69, 9.17) is 0 Å². The third-order valence-electron chi connectivity index (χ3n) is 2.39. The number of para-hydroxylation sites is 1. The summed E-state index contributed by atoms with van der Waals surface area (Å²) in [5.74, 6) is -0.0500. The smallest absolute Gasteiger partial charge is 0.381 e. The molecule has 0 radical (unpaired) electrons. The molecular weight excluding hydrogens is 269 g/mol. The summed E-state index contributed by atoms with van der Waals surface area (Å²) in [5, 5.41) is 3.20. The van der Waals surface area contributed by atoms with Gasteiger partial charge in [-0.3, -0.25) is 0 Å². The van der Waals surface area contributed by atoms with Gasteiger partial charge in [0.2, 0.25) is 0 Å². The van der Waals surface area contributed by atoms with Crippen molar-refractivity contribution in [3.63, 3.8) is 0 Å². The molecule has 0 atom stereocenters. The van der Waals surface area contributed by atoms with E-state index in [-0.39, 0.29) is 5.75 Å². The van der Waals surface area contributed by atoms with E-state index in [1.165, 1.54) is 12.1 Å². The Labute approximate surface area is 111 Å². The van der Waals surface area contributed by atoms with Crippen LogP contribution in [0.2, 0.25) is 0 Å². The molecule has 0 saturated carbocycles. The first-order valence-electron chi connectivity index (χ1n) is 5.55. The monoisotopic (exact) mass is 281 g/mol. The summed E-state index contributed by atoms with van der Waals surface area (Å²) in [6.07, 6.45) is 0. The van der Waals surface area contributed by atoms with Crippen LogP contribution in [0.15, 0.2) is 54.6 Å². The summed E-state index contributed by atoms with van der Waals surface area (Å²) in [7, 11) is -4.96. The quantitative estimate of drug-likeness (QED) is 0.856. The van der Waals surface area contributed by atoms with Gasteiger partial charge in [0.25, 0.3) is 0 Å². The normalized spacial score (nSPS) is 11.0. The van der Waals surface area contributed by atoms with Crippen molar-refractivity contribution >= 4 is 16.2 Å². The summed E-state index contributed by atoms with van der Waals surface area (Å²) in [5.41, 5.74) is 1.90. The molecule has 2 rings (SSSR count). The van der Waals surface area contributed by atoms with Gasteiger partial charge in [0.1, 0.15) is 5.75 Å². The topological polar surface area (TPSA) is 55.4 Å². The minimum atomic E-state index is -4.96. The molecular formula is C13H12FNO3S. The largest absolute Gasteiger partial charge is 0.488 e. The zero-order valence-electron chi connectivity index (χ0n) is 9.91. The molecule has 0 aromatic heterocycles. The zero-order valence-corrected chi connectivity index (χ0v) is 10.7. The Balaban J connectivity index is 1.96. The molecule has 2 aromatic carbocycles. The molecule has 4 nitrogen and oxygen atoms in total. The summed E-state index contributed by atoms with van der Waals surface area (Å²) < 4.78 is 37.0. The lowest BCUT2D eigenvalue weighted by Crippen LogP contribution is -2.02. The third-order valence-corrected chi connectivity index (χ3v) is 2.78. The third kappa shape index (κ3) is 4.59. The van der Waals surface area contributed by atoms with Crippen LogP contribution in [0.25, 0.3) is 0 Å². The molecule has 0 aliphatic heterocycles. The lowest BCUT2D eigenvalue weighted by Gasteiger charge is -2.06. The Bertz CT molecular complexity index is 627. The van der Waals surface area contributed by atoms with E-state index in [9.17, 15) is 12.3 Å². The van der Waals surface area contributed by atoms with E-state index < -0.39 is 10.5 Å². The van der Waals surface area contributed by atoms with Crippen LogP contribution in [0.5, 0.6) is 5.75 Å². The maximum absolute atomic E-state index is 12.3. The molecule has 0 spiro atoms. The molecule has 0 aliphatic carbocycles. The van der Waals surface area contributed by atoms with Crippen LogP contribution in [0.4, 0.5) is 9.57 Å². The van der Waals surface area contributed by atoms with Crippen LogP contribution < -0.4 is 9.50 Å². The van der Waals surface area contributed by atoms with Gasteiger partial charge >= 0.3 is 10.5 Å². The molecule has 0 aliphatic rings. The predicted octanol–water partition coefficient (Wildman–Crippen LogP) is 2.89. The van der Waals surface area contributed by atoms with Crippen molar-refractivity contribution in [3.05, 3.63) is 60.2 Å². The van der Waals surface area contributed by atoms with Gasteiger partial charge in [0, 0.05) is 12.2 Å². The minimum absolute atomic E-state index is 0.0500. The molecule has 0 amide bonds. The van der Waals surface area contributed by atoms with E-state index in [1.807, 2.05) is 30.3 Å². The van der Waals surface area contributed by atoms with Crippen molar-refractivity contribution < 1.29 is 16.5 Å². The highest BCUT2D eigenvalue weighted by Gasteiger charge is 2.08. The van der Waals surface area contributed by atoms with Crippen LogP contribution in [0.3, 0.4) is 0 Å². The van der Waals surface area contributed by atoms with E-state index >= 15 is 0 Å². The van der Waals surface area contributed by atoms with Gasteiger partial charge in [-0.15, -0.1) is 0 Å². The van der Waals surface area contributed by atoms with E-state index in [2.05, 4.69) is 9.50 Å². The van der Waals surface area contributed by atoms with Crippen molar-refractivity contribution in [2.24, 2.45) is 0 Å². The maximum Gasteiger partial charge on any atom is 0.488 e. The predicted molar refractivity (Wildman–Crippen MR) is 70.9 cm³/mol. The second kappa shape index (κ2) is 5.71. The van der Waals surface area contributed by atoms with E-state index in [0.29, 0.717) is 6.54 Å². The maximum atomic E-state index is 12.3. The second-order valence-electron chi connectivity index (χ2n) is 3.84. The van der Waals surface area contributed by atoms with Crippen LogP contribution >= 0.6 is 0 Å². The van der Waals surface area contributed by atoms with Gasteiger partial charge in [-0.1, -0.05) is 34.2 Å². The van der Waals surface area contributed by atoms with Gasteiger partial charge < -0.3 is 9.50 Å². The fourth-order valence-corrected chi connectivity index (χ4v) is 1.88. The molecule has 0 unspecified atom stereocenters. The standard InChI is InChI=1S/C13H12FNO3S/c14-19(16,17)18-13-8-6-11(7-9-13)10-15-12-4-2-1-3-5-12/h1-9,15H,10H2. The van der Waals surface area contributed by atoms with Crippen LogP contribution in [-0.2, 0) is 17.0 Å². The van der Waals surface area contributed by atoms with Crippen LogP contribution in [-0.4, -0.2) is 8.42 Å². The van der Waals surface area contributed by atoms with Gasteiger partial charge in [-0.05, 0) is 29.8 Å². The average Bonchev–Trinajstić information content (AvgIpc) is 2.37. The van der Waals surface area contributed by atoms with Crippen molar-refractivity contribution in [2.45, 2.75) is 6.54 Å². The van der Waals surface area contributed by atoms with Crippen molar-refractivity contribution in [2.75, 3.05) is 5.32 Å². The molecule has 0 fully saturated rings. The van der Waals surface area contributed by atoms with E-state index in [1.54, 1.807) is 12.1 Å². The van der Waals surface area contributed by atoms with Crippen molar-refractivity contribution in [1.29, 1.82) is 0 Å². The number of rotatable bonds is 5. The molecule has 0 saturated heterocycles. The van der Waals surface area contributed by atoms with Gasteiger partial charge in [-0.2, -0.15) is 8.42 Å². The number of anilines is 1. The van der Waals surface area contributed by atoms with E-state index in [0.717, 1.165) is 11.3 Å². The first kappa shape index (κ1) is 13.4. The van der Waals surface area contributed by atoms with Crippen molar-refractivity contribution in [3.8, 4) is 5.75 Å². The van der Waals surface area contributed by atoms with Crippen LogP contribution in [0.1, 0.15) is 5.56 Å². The molecule has 19 heavy (non-hydrogen) atoms. The molecule has 6 heteroatoms. The molecule has 0 bridgehead atoms. The second-order valence-corrected chi connectivity index (χ2v) is 4.79. The molecule has 100 valence electrons. The number of nitrogens with one attached hydrogen (secondary N) is 1. The lowest BCUT2D eigenvalue weighted by molar-refractivity contribution is 0.440. The van der Waals surface area contributed by atoms with Gasteiger partial charge in [0.15, 0.2) is 0 Å². The van der Waals surface area contributed by atoms with Crippen molar-refractivity contribution in [1.82, 2.24) is 0 Å². The Morgan fingerprint density at radius 2 is 1.63 bits per heavy atom. The highest BCUT2D eigenvalue weighted by Crippen LogP contribution is 2.16. The summed E-state index contributed by atoms with van der Waals surface area (Å²) in [6, 6.07) is 15.8. The van der Waals surface area contributed by atoms with Gasteiger partial charge in [-0.25, -0.2) is 0 Å². The Morgan fingerprint density at radius 1 is 1.00 bits per heavy atom. The first-order valence-corrected chi connectivity index (χ1v) is 6.86. The number of benzene rings is 2. The first-order chi connectivity index (χ1) is 9.03. The summed E-state index contributed by atoms with van der Waals surface area (Å²) in [4.78, 5) is 0. The molecule has 2 aromatic rings.